The molecule has 1 aromatic rings. The van der Waals surface area contributed by atoms with Crippen molar-refractivity contribution in [3.05, 3.63) is 28.8 Å². The van der Waals surface area contributed by atoms with Crippen molar-refractivity contribution in [1.82, 2.24) is 0 Å². The number of benzene rings is 1. The van der Waals surface area contributed by atoms with E-state index in [4.69, 9.17) is 16.3 Å². The number of halogens is 1. The maximum Gasteiger partial charge on any atom is 0.338 e. The summed E-state index contributed by atoms with van der Waals surface area (Å²) in [5, 5.41) is 0.566. The monoisotopic (exact) mass is 244 g/mol. The molecule has 4 heteroatoms. The van der Waals surface area contributed by atoms with Gasteiger partial charge in [-0.15, -0.1) is 11.8 Å². The Morgan fingerprint density at radius 1 is 1.40 bits per heavy atom. The lowest BCUT2D eigenvalue weighted by atomic mass is 10.2. The van der Waals surface area contributed by atoms with Gasteiger partial charge in [-0.05, 0) is 30.9 Å². The van der Waals surface area contributed by atoms with Gasteiger partial charge >= 0.3 is 5.97 Å². The second-order valence-corrected chi connectivity index (χ2v) is 4.60. The quantitative estimate of drug-likeness (QED) is 0.598. The molecule has 0 saturated heterocycles. The van der Waals surface area contributed by atoms with E-state index in [1.165, 1.54) is 0 Å². The summed E-state index contributed by atoms with van der Waals surface area (Å²) >= 11 is 7.56. The van der Waals surface area contributed by atoms with Crippen LogP contribution in [-0.2, 0) is 4.74 Å². The fraction of sp³-hybridized carbons (Fsp3) is 0.364. The first-order valence-corrected chi connectivity index (χ1v) is 6.14. The molecule has 0 spiro atoms. The molecule has 0 aliphatic heterocycles. The van der Waals surface area contributed by atoms with Crippen LogP contribution in [0.2, 0.25) is 5.02 Å². The number of carbonyl (C=O) groups excluding carboxylic acids is 1. The fourth-order valence-corrected chi connectivity index (χ4v) is 2.20. The van der Waals surface area contributed by atoms with Crippen molar-refractivity contribution in [3.8, 4) is 0 Å². The number of esters is 1. The first-order chi connectivity index (χ1) is 7.17. The minimum Gasteiger partial charge on any atom is -0.462 e. The second kappa shape index (κ2) is 6.03. The van der Waals surface area contributed by atoms with Crippen LogP contribution >= 0.6 is 23.4 Å². The van der Waals surface area contributed by atoms with Crippen LogP contribution in [0.25, 0.3) is 0 Å². The Bertz CT molecular complexity index is 352. The average molecular weight is 245 g/mol. The van der Waals surface area contributed by atoms with Gasteiger partial charge in [-0.3, -0.25) is 0 Å². The normalized spacial score (nSPS) is 10.1. The number of hydrogen-bond acceptors (Lipinski definition) is 3. The Hall–Kier alpha value is -0.670. The SMILES string of the molecule is CCOC(=O)c1cc(Cl)cc(SCC)c1. The first-order valence-electron chi connectivity index (χ1n) is 4.77. The van der Waals surface area contributed by atoms with E-state index in [0.29, 0.717) is 17.2 Å². The Balaban J connectivity index is 2.92. The van der Waals surface area contributed by atoms with Gasteiger partial charge in [0.15, 0.2) is 0 Å². The molecule has 0 saturated carbocycles. The highest BCUT2D eigenvalue weighted by atomic mass is 35.5. The summed E-state index contributed by atoms with van der Waals surface area (Å²) in [7, 11) is 0. The van der Waals surface area contributed by atoms with Crippen LogP contribution in [0.5, 0.6) is 0 Å². The standard InChI is InChI=1S/C11H13ClO2S/c1-3-14-11(13)8-5-9(12)7-10(6-8)15-4-2/h5-7H,3-4H2,1-2H3. The van der Waals surface area contributed by atoms with Gasteiger partial charge in [0.1, 0.15) is 0 Å². The zero-order valence-corrected chi connectivity index (χ0v) is 10.3. The van der Waals surface area contributed by atoms with Crippen LogP contribution in [-0.4, -0.2) is 18.3 Å². The van der Waals surface area contributed by atoms with Gasteiger partial charge < -0.3 is 4.74 Å². The number of carbonyl (C=O) groups is 1. The third-order valence-electron chi connectivity index (χ3n) is 1.69. The number of thioether (sulfide) groups is 1. The van der Waals surface area contributed by atoms with E-state index in [-0.39, 0.29) is 5.97 Å². The molecule has 0 aliphatic rings. The molecule has 82 valence electrons. The molecule has 1 aromatic carbocycles. The van der Waals surface area contributed by atoms with Gasteiger partial charge in [-0.2, -0.15) is 0 Å². The Morgan fingerprint density at radius 2 is 2.13 bits per heavy atom. The van der Waals surface area contributed by atoms with Gasteiger partial charge in [-0.1, -0.05) is 18.5 Å². The molecule has 0 radical (unpaired) electrons. The summed E-state index contributed by atoms with van der Waals surface area (Å²) in [5.41, 5.74) is 0.514. The zero-order valence-electron chi connectivity index (χ0n) is 8.75. The van der Waals surface area contributed by atoms with Crippen LogP contribution in [0.15, 0.2) is 23.1 Å². The van der Waals surface area contributed by atoms with Crippen molar-refractivity contribution in [1.29, 1.82) is 0 Å². The summed E-state index contributed by atoms with van der Waals surface area (Å²) in [4.78, 5) is 12.5. The molecule has 2 nitrogen and oxygen atoms in total. The first kappa shape index (κ1) is 12.4. The minimum absolute atomic E-state index is 0.321. The molecule has 0 aliphatic carbocycles. The van der Waals surface area contributed by atoms with Crippen LogP contribution in [0, 0.1) is 0 Å². The summed E-state index contributed by atoms with van der Waals surface area (Å²) in [5.74, 6) is 0.626. The van der Waals surface area contributed by atoms with E-state index in [2.05, 4.69) is 6.92 Å². The third-order valence-corrected chi connectivity index (χ3v) is 2.77. The van der Waals surface area contributed by atoms with Crippen LogP contribution in [0.3, 0.4) is 0 Å². The molecule has 0 N–H and O–H groups in total. The fourth-order valence-electron chi connectivity index (χ4n) is 1.14. The molecular formula is C11H13ClO2S. The summed E-state index contributed by atoms with van der Waals surface area (Å²) < 4.78 is 4.91. The Kier molecular flexibility index (Phi) is 4.99. The molecule has 0 bridgehead atoms. The van der Waals surface area contributed by atoms with E-state index in [9.17, 15) is 4.79 Å². The largest absolute Gasteiger partial charge is 0.462 e. The van der Waals surface area contributed by atoms with E-state index in [1.807, 2.05) is 6.07 Å². The highest BCUT2D eigenvalue weighted by molar-refractivity contribution is 7.99. The number of ether oxygens (including phenoxy) is 1. The molecule has 0 amide bonds. The lowest BCUT2D eigenvalue weighted by Gasteiger charge is -2.05. The highest BCUT2D eigenvalue weighted by Crippen LogP contribution is 2.24. The lowest BCUT2D eigenvalue weighted by molar-refractivity contribution is 0.0526. The van der Waals surface area contributed by atoms with Gasteiger partial charge in [0.25, 0.3) is 0 Å². The molecule has 15 heavy (non-hydrogen) atoms. The number of rotatable bonds is 4. The molecular weight excluding hydrogens is 232 g/mol. The maximum atomic E-state index is 11.5. The van der Waals surface area contributed by atoms with E-state index < -0.39 is 0 Å². The van der Waals surface area contributed by atoms with Crippen molar-refractivity contribution in [3.63, 3.8) is 0 Å². The third kappa shape index (κ3) is 3.76. The Labute approximate surface area is 99.0 Å². The topological polar surface area (TPSA) is 26.3 Å². The maximum absolute atomic E-state index is 11.5. The molecule has 0 unspecified atom stereocenters. The molecule has 0 atom stereocenters. The predicted molar refractivity (Wildman–Crippen MR) is 63.8 cm³/mol. The van der Waals surface area contributed by atoms with Gasteiger partial charge in [0.05, 0.1) is 12.2 Å². The number of hydrogen-bond donors (Lipinski definition) is 0. The van der Waals surface area contributed by atoms with Gasteiger partial charge in [0, 0.05) is 9.92 Å². The van der Waals surface area contributed by atoms with E-state index in [1.54, 1.807) is 30.8 Å². The Morgan fingerprint density at radius 3 is 2.73 bits per heavy atom. The van der Waals surface area contributed by atoms with Crippen molar-refractivity contribution >= 4 is 29.3 Å². The van der Waals surface area contributed by atoms with Crippen molar-refractivity contribution in [2.24, 2.45) is 0 Å². The zero-order chi connectivity index (χ0) is 11.3. The predicted octanol–water partition coefficient (Wildman–Crippen LogP) is 3.63. The van der Waals surface area contributed by atoms with Crippen LogP contribution in [0.4, 0.5) is 0 Å². The van der Waals surface area contributed by atoms with Crippen LogP contribution in [0.1, 0.15) is 24.2 Å². The smallest absolute Gasteiger partial charge is 0.338 e. The van der Waals surface area contributed by atoms with E-state index in [0.717, 1.165) is 10.6 Å². The average Bonchev–Trinajstić information content (AvgIpc) is 2.17. The highest BCUT2D eigenvalue weighted by Gasteiger charge is 2.08. The summed E-state index contributed by atoms with van der Waals surface area (Å²) in [6.07, 6.45) is 0. The van der Waals surface area contributed by atoms with Crippen molar-refractivity contribution < 1.29 is 9.53 Å². The summed E-state index contributed by atoms with van der Waals surface area (Å²) in [6.45, 7) is 4.21. The van der Waals surface area contributed by atoms with E-state index >= 15 is 0 Å². The molecule has 0 aromatic heterocycles. The second-order valence-electron chi connectivity index (χ2n) is 2.83. The van der Waals surface area contributed by atoms with Gasteiger partial charge in [-0.25, -0.2) is 4.79 Å². The van der Waals surface area contributed by atoms with Gasteiger partial charge in [0.2, 0.25) is 0 Å². The van der Waals surface area contributed by atoms with Crippen molar-refractivity contribution in [2.75, 3.05) is 12.4 Å². The molecule has 1 rings (SSSR count). The lowest BCUT2D eigenvalue weighted by Crippen LogP contribution is -2.04. The van der Waals surface area contributed by atoms with Crippen LogP contribution < -0.4 is 0 Å². The molecule has 0 heterocycles. The van der Waals surface area contributed by atoms with Crippen molar-refractivity contribution in [2.45, 2.75) is 18.7 Å². The molecule has 0 fully saturated rings. The summed E-state index contributed by atoms with van der Waals surface area (Å²) in [6, 6.07) is 5.27. The minimum atomic E-state index is -0.321.